The number of hydrogen-bond acceptors (Lipinski definition) is 3. The maximum atomic E-state index is 13.6. The van der Waals surface area contributed by atoms with Crippen LogP contribution in [0.4, 0.5) is 4.39 Å². The fraction of sp³-hybridized carbons (Fsp3) is 0.533. The summed E-state index contributed by atoms with van der Waals surface area (Å²) in [5.74, 6) is -0.342. The predicted molar refractivity (Wildman–Crippen MR) is 84.3 cm³/mol. The lowest BCUT2D eigenvalue weighted by Crippen LogP contribution is -2.48. The van der Waals surface area contributed by atoms with E-state index in [1.807, 2.05) is 6.07 Å². The van der Waals surface area contributed by atoms with Crippen molar-refractivity contribution in [1.82, 2.24) is 9.80 Å². The first-order chi connectivity index (χ1) is 9.47. The Kier molecular flexibility index (Phi) is 5.07. The number of thiocarbonyl (C=S) groups is 1. The Bertz CT molecular complexity index is 482. The molecule has 1 saturated heterocycles. The molecule has 0 amide bonds. The molecule has 20 heavy (non-hydrogen) atoms. The molecule has 0 bridgehead atoms. The van der Waals surface area contributed by atoms with Crippen molar-refractivity contribution in [3.63, 3.8) is 0 Å². The number of hydrogen-bond donors (Lipinski definition) is 1. The number of piperazine rings is 1. The highest BCUT2D eigenvalue weighted by molar-refractivity contribution is 7.80. The monoisotopic (exact) mass is 295 g/mol. The lowest BCUT2D eigenvalue weighted by molar-refractivity contribution is 0.104. The number of benzene rings is 1. The Labute approximate surface area is 125 Å². The van der Waals surface area contributed by atoms with Gasteiger partial charge in [0.2, 0.25) is 0 Å². The molecule has 2 N–H and O–H groups in total. The van der Waals surface area contributed by atoms with E-state index in [1.165, 1.54) is 6.07 Å². The van der Waals surface area contributed by atoms with E-state index >= 15 is 0 Å². The molecular weight excluding hydrogens is 273 g/mol. The Morgan fingerprint density at radius 1 is 1.30 bits per heavy atom. The van der Waals surface area contributed by atoms with Crippen molar-refractivity contribution in [2.45, 2.75) is 26.4 Å². The zero-order chi connectivity index (χ0) is 14.7. The second-order valence-electron chi connectivity index (χ2n) is 5.58. The van der Waals surface area contributed by atoms with Gasteiger partial charge in [-0.2, -0.15) is 0 Å². The molecule has 1 aliphatic heterocycles. The van der Waals surface area contributed by atoms with Gasteiger partial charge < -0.3 is 5.73 Å². The van der Waals surface area contributed by atoms with Gasteiger partial charge in [-0.15, -0.1) is 0 Å². The molecule has 3 nitrogen and oxygen atoms in total. The molecule has 110 valence electrons. The van der Waals surface area contributed by atoms with Crippen molar-refractivity contribution in [3.05, 3.63) is 35.1 Å². The minimum absolute atomic E-state index is 0.119. The van der Waals surface area contributed by atoms with Crippen LogP contribution in [-0.2, 0) is 6.54 Å². The van der Waals surface area contributed by atoms with Gasteiger partial charge in [-0.05, 0) is 31.5 Å². The molecule has 1 aliphatic rings. The summed E-state index contributed by atoms with van der Waals surface area (Å²) in [6, 6.07) is 5.64. The molecule has 0 unspecified atom stereocenters. The maximum Gasteiger partial charge on any atom is 0.133 e. The number of nitrogens with zero attached hydrogens (tertiary/aromatic N) is 2. The summed E-state index contributed by atoms with van der Waals surface area (Å²) in [7, 11) is 0. The SMILES string of the molecule is CC(C)N1CCN(Cc2ccc(F)c(C(N)=S)c2)CC1. The van der Waals surface area contributed by atoms with E-state index < -0.39 is 0 Å². The molecule has 1 aromatic carbocycles. The first-order valence-corrected chi connectivity index (χ1v) is 7.43. The minimum atomic E-state index is -0.342. The topological polar surface area (TPSA) is 32.5 Å². The fourth-order valence-electron chi connectivity index (χ4n) is 2.56. The second kappa shape index (κ2) is 6.61. The van der Waals surface area contributed by atoms with E-state index in [1.54, 1.807) is 6.07 Å². The summed E-state index contributed by atoms with van der Waals surface area (Å²) in [6.45, 7) is 9.52. The molecule has 0 spiro atoms. The highest BCUT2D eigenvalue weighted by Gasteiger charge is 2.19. The summed E-state index contributed by atoms with van der Waals surface area (Å²) in [6.07, 6.45) is 0. The predicted octanol–water partition coefficient (Wildman–Crippen LogP) is 1.99. The number of nitrogens with two attached hydrogens (primary N) is 1. The Morgan fingerprint density at radius 2 is 1.95 bits per heavy atom. The molecule has 0 radical (unpaired) electrons. The smallest absolute Gasteiger partial charge is 0.133 e. The van der Waals surface area contributed by atoms with E-state index in [4.69, 9.17) is 18.0 Å². The van der Waals surface area contributed by atoms with Crippen LogP contribution >= 0.6 is 12.2 Å². The van der Waals surface area contributed by atoms with Crippen LogP contribution in [-0.4, -0.2) is 47.0 Å². The van der Waals surface area contributed by atoms with Crippen molar-refractivity contribution in [2.75, 3.05) is 26.2 Å². The van der Waals surface area contributed by atoms with Crippen molar-refractivity contribution >= 4 is 17.2 Å². The first-order valence-electron chi connectivity index (χ1n) is 7.02. The average Bonchev–Trinajstić information content (AvgIpc) is 2.41. The van der Waals surface area contributed by atoms with Crippen LogP contribution in [0.15, 0.2) is 18.2 Å². The van der Waals surface area contributed by atoms with Crippen molar-refractivity contribution in [1.29, 1.82) is 0 Å². The Morgan fingerprint density at radius 3 is 2.50 bits per heavy atom. The van der Waals surface area contributed by atoms with Crippen LogP contribution in [0, 0.1) is 5.82 Å². The van der Waals surface area contributed by atoms with Crippen LogP contribution in [0.5, 0.6) is 0 Å². The van der Waals surface area contributed by atoms with Gasteiger partial charge in [0.15, 0.2) is 0 Å². The lowest BCUT2D eigenvalue weighted by Gasteiger charge is -2.37. The van der Waals surface area contributed by atoms with E-state index in [-0.39, 0.29) is 10.8 Å². The van der Waals surface area contributed by atoms with Gasteiger partial charge in [-0.3, -0.25) is 9.80 Å². The molecule has 0 aliphatic carbocycles. The third-order valence-electron chi connectivity index (χ3n) is 3.84. The zero-order valence-corrected chi connectivity index (χ0v) is 12.9. The van der Waals surface area contributed by atoms with Crippen LogP contribution < -0.4 is 5.73 Å². The molecule has 0 saturated carbocycles. The quantitative estimate of drug-likeness (QED) is 0.861. The van der Waals surface area contributed by atoms with Crippen molar-refractivity contribution in [2.24, 2.45) is 5.73 Å². The van der Waals surface area contributed by atoms with Crippen LogP contribution in [0.25, 0.3) is 0 Å². The van der Waals surface area contributed by atoms with Gasteiger partial charge >= 0.3 is 0 Å². The van der Waals surface area contributed by atoms with Crippen LogP contribution in [0.3, 0.4) is 0 Å². The third kappa shape index (κ3) is 3.75. The summed E-state index contributed by atoms with van der Waals surface area (Å²) in [4.78, 5) is 4.98. The summed E-state index contributed by atoms with van der Waals surface area (Å²) in [5, 5.41) is 0. The van der Waals surface area contributed by atoms with Crippen LogP contribution in [0.2, 0.25) is 0 Å². The van der Waals surface area contributed by atoms with Gasteiger partial charge in [0.25, 0.3) is 0 Å². The van der Waals surface area contributed by atoms with Gasteiger partial charge in [0.1, 0.15) is 10.8 Å². The average molecular weight is 295 g/mol. The van der Waals surface area contributed by atoms with Crippen LogP contribution in [0.1, 0.15) is 25.0 Å². The summed E-state index contributed by atoms with van der Waals surface area (Å²) >= 11 is 4.88. The molecule has 1 aromatic rings. The highest BCUT2D eigenvalue weighted by Crippen LogP contribution is 2.14. The van der Waals surface area contributed by atoms with E-state index in [9.17, 15) is 4.39 Å². The summed E-state index contributed by atoms with van der Waals surface area (Å²) in [5.41, 5.74) is 6.95. The second-order valence-corrected chi connectivity index (χ2v) is 6.02. The third-order valence-corrected chi connectivity index (χ3v) is 4.06. The first kappa shape index (κ1) is 15.4. The highest BCUT2D eigenvalue weighted by atomic mass is 32.1. The lowest BCUT2D eigenvalue weighted by atomic mass is 10.1. The van der Waals surface area contributed by atoms with E-state index in [0.717, 1.165) is 38.3 Å². The van der Waals surface area contributed by atoms with Gasteiger partial charge in [-0.1, -0.05) is 18.3 Å². The van der Waals surface area contributed by atoms with E-state index in [0.29, 0.717) is 11.6 Å². The molecular formula is C15H22FN3S. The Balaban J connectivity index is 1.98. The Hall–Kier alpha value is -1.04. The van der Waals surface area contributed by atoms with Gasteiger partial charge in [0.05, 0.1) is 0 Å². The number of halogens is 1. The summed E-state index contributed by atoms with van der Waals surface area (Å²) < 4.78 is 13.6. The molecule has 1 fully saturated rings. The van der Waals surface area contributed by atoms with Crippen molar-refractivity contribution in [3.8, 4) is 0 Å². The zero-order valence-electron chi connectivity index (χ0n) is 12.1. The molecule has 5 heteroatoms. The van der Waals surface area contributed by atoms with Gasteiger partial charge in [0, 0.05) is 44.3 Å². The van der Waals surface area contributed by atoms with Crippen molar-refractivity contribution < 1.29 is 4.39 Å². The van der Waals surface area contributed by atoms with E-state index in [2.05, 4.69) is 23.6 Å². The maximum absolute atomic E-state index is 13.6. The largest absolute Gasteiger partial charge is 0.389 e. The normalized spacial score (nSPS) is 17.6. The fourth-order valence-corrected chi connectivity index (χ4v) is 2.71. The molecule has 2 rings (SSSR count). The molecule has 1 heterocycles. The standard InChI is InChI=1S/C15H22FN3S/c1-11(2)19-7-5-18(6-8-19)10-12-3-4-14(16)13(9-12)15(17)20/h3-4,9,11H,5-8,10H2,1-2H3,(H2,17,20). The molecule has 0 aromatic heterocycles. The minimum Gasteiger partial charge on any atom is -0.389 e. The molecule has 0 atom stereocenters. The van der Waals surface area contributed by atoms with Gasteiger partial charge in [-0.25, -0.2) is 4.39 Å². The number of rotatable bonds is 4.